The molecule has 2 aromatic rings. The Morgan fingerprint density at radius 3 is 2.56 bits per heavy atom. The Balaban J connectivity index is 2.16. The summed E-state index contributed by atoms with van der Waals surface area (Å²) < 4.78 is 1.85. The second-order valence-corrected chi connectivity index (χ2v) is 5.13. The molecule has 0 fully saturated rings. The zero-order valence-corrected chi connectivity index (χ0v) is 12.1. The van der Waals surface area contributed by atoms with Crippen LogP contribution >= 0.6 is 23.2 Å². The van der Waals surface area contributed by atoms with E-state index in [9.17, 15) is 0 Å². The van der Waals surface area contributed by atoms with E-state index in [0.29, 0.717) is 16.6 Å². The first-order valence-corrected chi connectivity index (χ1v) is 6.41. The topological polar surface area (TPSA) is 29.9 Å². The van der Waals surface area contributed by atoms with Gasteiger partial charge in [0.1, 0.15) is 0 Å². The normalized spacial score (nSPS) is 10.7. The maximum Gasteiger partial charge on any atom is 0.0641 e. The Kier molecular flexibility index (Phi) is 3.83. The fourth-order valence-electron chi connectivity index (χ4n) is 1.69. The van der Waals surface area contributed by atoms with E-state index >= 15 is 0 Å². The zero-order chi connectivity index (χ0) is 13.3. The lowest BCUT2D eigenvalue weighted by Crippen LogP contribution is -2.02. The van der Waals surface area contributed by atoms with Gasteiger partial charge in [-0.2, -0.15) is 5.10 Å². The Morgan fingerprint density at radius 1 is 1.22 bits per heavy atom. The monoisotopic (exact) mass is 283 g/mol. The fraction of sp³-hybridized carbons (Fsp3) is 0.308. The molecule has 0 spiro atoms. The number of hydrogen-bond donors (Lipinski definition) is 1. The van der Waals surface area contributed by atoms with E-state index in [1.54, 1.807) is 0 Å². The van der Waals surface area contributed by atoms with Crippen LogP contribution in [0.15, 0.2) is 18.3 Å². The summed E-state index contributed by atoms with van der Waals surface area (Å²) in [6.45, 7) is 4.65. The molecule has 3 nitrogen and oxygen atoms in total. The molecule has 0 unspecified atom stereocenters. The third-order valence-electron chi connectivity index (χ3n) is 3.05. The molecule has 5 heteroatoms. The quantitative estimate of drug-likeness (QED) is 0.924. The van der Waals surface area contributed by atoms with Gasteiger partial charge >= 0.3 is 0 Å². The van der Waals surface area contributed by atoms with Gasteiger partial charge < -0.3 is 5.32 Å². The first-order valence-electron chi connectivity index (χ1n) is 5.66. The average Bonchev–Trinajstić information content (AvgIpc) is 2.63. The number of aryl methyl sites for hydroxylation is 2. The second-order valence-electron chi connectivity index (χ2n) is 4.31. The van der Waals surface area contributed by atoms with Gasteiger partial charge in [0, 0.05) is 29.9 Å². The molecule has 0 amide bonds. The maximum absolute atomic E-state index is 6.17. The molecule has 0 aliphatic carbocycles. The molecule has 18 heavy (non-hydrogen) atoms. The van der Waals surface area contributed by atoms with Crippen LogP contribution in [-0.4, -0.2) is 9.78 Å². The zero-order valence-electron chi connectivity index (χ0n) is 10.6. The fourth-order valence-corrected chi connectivity index (χ4v) is 2.14. The molecule has 0 aliphatic heterocycles. The van der Waals surface area contributed by atoms with E-state index in [0.717, 1.165) is 22.5 Å². The van der Waals surface area contributed by atoms with Crippen molar-refractivity contribution in [1.82, 2.24) is 9.78 Å². The molecule has 1 heterocycles. The third-order valence-corrected chi connectivity index (χ3v) is 3.77. The number of rotatable bonds is 3. The van der Waals surface area contributed by atoms with E-state index in [1.165, 1.54) is 0 Å². The van der Waals surface area contributed by atoms with Crippen molar-refractivity contribution in [2.75, 3.05) is 5.32 Å². The summed E-state index contributed by atoms with van der Waals surface area (Å²) in [4.78, 5) is 0. The van der Waals surface area contributed by atoms with Crippen LogP contribution in [0.5, 0.6) is 0 Å². The Hall–Kier alpha value is -1.19. The molecule has 1 N–H and O–H groups in total. The first-order chi connectivity index (χ1) is 8.49. The third kappa shape index (κ3) is 2.62. The van der Waals surface area contributed by atoms with Gasteiger partial charge in [0.05, 0.1) is 16.9 Å². The number of aromatic nitrogens is 2. The molecule has 1 aromatic heterocycles. The van der Waals surface area contributed by atoms with Crippen LogP contribution in [0.3, 0.4) is 0 Å². The predicted molar refractivity (Wildman–Crippen MR) is 76.5 cm³/mol. The summed E-state index contributed by atoms with van der Waals surface area (Å²) in [7, 11) is 1.93. The average molecular weight is 284 g/mol. The van der Waals surface area contributed by atoms with Gasteiger partial charge in [-0.05, 0) is 31.5 Å². The van der Waals surface area contributed by atoms with Crippen molar-refractivity contribution in [3.8, 4) is 0 Å². The largest absolute Gasteiger partial charge is 0.380 e. The van der Waals surface area contributed by atoms with E-state index < -0.39 is 0 Å². The highest BCUT2D eigenvalue weighted by molar-refractivity contribution is 6.35. The molecule has 2 rings (SSSR count). The van der Waals surface area contributed by atoms with E-state index in [1.807, 2.05) is 43.9 Å². The summed E-state index contributed by atoms with van der Waals surface area (Å²) in [5.41, 5.74) is 4.10. The predicted octanol–water partition coefficient (Wildman–Crippen LogP) is 3.96. The highest BCUT2D eigenvalue weighted by atomic mass is 35.5. The van der Waals surface area contributed by atoms with Gasteiger partial charge in [0.25, 0.3) is 0 Å². The summed E-state index contributed by atoms with van der Waals surface area (Å²) in [6, 6.07) is 3.72. The van der Waals surface area contributed by atoms with Gasteiger partial charge in [0.15, 0.2) is 0 Å². The lowest BCUT2D eigenvalue weighted by atomic mass is 10.2. The second kappa shape index (κ2) is 5.21. The highest BCUT2D eigenvalue weighted by Crippen LogP contribution is 2.29. The van der Waals surface area contributed by atoms with Crippen molar-refractivity contribution in [3.63, 3.8) is 0 Å². The summed E-state index contributed by atoms with van der Waals surface area (Å²) >= 11 is 12.3. The Morgan fingerprint density at radius 2 is 1.94 bits per heavy atom. The van der Waals surface area contributed by atoms with Crippen LogP contribution in [0.2, 0.25) is 10.0 Å². The maximum atomic E-state index is 6.17. The Bertz CT molecular complexity index is 576. The molecule has 0 aliphatic rings. The molecule has 0 saturated carbocycles. The number of nitrogens with one attached hydrogen (secondary N) is 1. The smallest absolute Gasteiger partial charge is 0.0641 e. The van der Waals surface area contributed by atoms with E-state index in [2.05, 4.69) is 10.4 Å². The molecule has 96 valence electrons. The lowest BCUT2D eigenvalue weighted by molar-refractivity contribution is 0.738. The minimum Gasteiger partial charge on any atom is -0.380 e. The molecule has 0 bridgehead atoms. The SMILES string of the molecule is Cc1cc(Cl)c(NCc2cnn(C)c2C)cc1Cl. The van der Waals surface area contributed by atoms with Crippen LogP contribution in [-0.2, 0) is 13.6 Å². The highest BCUT2D eigenvalue weighted by Gasteiger charge is 2.07. The van der Waals surface area contributed by atoms with Crippen molar-refractivity contribution in [1.29, 1.82) is 0 Å². The van der Waals surface area contributed by atoms with Crippen LogP contribution in [0.1, 0.15) is 16.8 Å². The summed E-state index contributed by atoms with van der Waals surface area (Å²) in [6.07, 6.45) is 1.85. The Labute approximate surface area is 117 Å². The number of hydrogen-bond acceptors (Lipinski definition) is 2. The lowest BCUT2D eigenvalue weighted by Gasteiger charge is -2.10. The minimum absolute atomic E-state index is 0.679. The minimum atomic E-state index is 0.679. The van der Waals surface area contributed by atoms with Gasteiger partial charge in [-0.1, -0.05) is 23.2 Å². The molecule has 0 radical (unpaired) electrons. The number of anilines is 1. The van der Waals surface area contributed by atoms with Crippen LogP contribution < -0.4 is 5.32 Å². The van der Waals surface area contributed by atoms with Crippen LogP contribution in [0.25, 0.3) is 0 Å². The molecule has 0 atom stereocenters. The standard InChI is InChI=1S/C13H15Cl2N3/c1-8-4-12(15)13(5-11(8)14)16-6-10-7-17-18(3)9(10)2/h4-5,7,16H,6H2,1-3H3. The number of benzene rings is 1. The number of halogens is 2. The van der Waals surface area contributed by atoms with E-state index in [-0.39, 0.29) is 0 Å². The summed E-state index contributed by atoms with van der Waals surface area (Å²) in [5, 5.41) is 8.87. The molecule has 0 saturated heterocycles. The van der Waals surface area contributed by atoms with Crippen molar-refractivity contribution >= 4 is 28.9 Å². The van der Waals surface area contributed by atoms with Gasteiger partial charge in [-0.15, -0.1) is 0 Å². The van der Waals surface area contributed by atoms with E-state index in [4.69, 9.17) is 23.2 Å². The molecular weight excluding hydrogens is 269 g/mol. The van der Waals surface area contributed by atoms with Crippen molar-refractivity contribution in [2.24, 2.45) is 7.05 Å². The van der Waals surface area contributed by atoms with Crippen LogP contribution in [0, 0.1) is 13.8 Å². The van der Waals surface area contributed by atoms with Crippen molar-refractivity contribution in [2.45, 2.75) is 20.4 Å². The van der Waals surface area contributed by atoms with Crippen molar-refractivity contribution in [3.05, 3.63) is 45.2 Å². The van der Waals surface area contributed by atoms with Gasteiger partial charge in [0.2, 0.25) is 0 Å². The molecular formula is C13H15Cl2N3. The first kappa shape index (κ1) is 13.2. The molecule has 1 aromatic carbocycles. The number of nitrogens with zero attached hydrogens (tertiary/aromatic N) is 2. The van der Waals surface area contributed by atoms with Crippen LogP contribution in [0.4, 0.5) is 5.69 Å². The van der Waals surface area contributed by atoms with Crippen molar-refractivity contribution < 1.29 is 0 Å². The van der Waals surface area contributed by atoms with Gasteiger partial charge in [-0.3, -0.25) is 4.68 Å². The summed E-state index contributed by atoms with van der Waals surface area (Å²) in [5.74, 6) is 0. The van der Waals surface area contributed by atoms with Gasteiger partial charge in [-0.25, -0.2) is 0 Å².